The fraction of sp³-hybridized carbons (Fsp3) is 0.263. The summed E-state index contributed by atoms with van der Waals surface area (Å²) in [5, 5.41) is 0. The Kier molecular flexibility index (Phi) is 6.39. The van der Waals surface area contributed by atoms with Crippen molar-refractivity contribution in [3.8, 4) is 11.5 Å². The number of carbonyl (C=O) groups is 2. The third kappa shape index (κ3) is 4.97. The van der Waals surface area contributed by atoms with Gasteiger partial charge in [-0.3, -0.25) is 20.4 Å². The van der Waals surface area contributed by atoms with Gasteiger partial charge in [0.15, 0.2) is 18.1 Å². The molecule has 2 aromatic rings. The summed E-state index contributed by atoms with van der Waals surface area (Å²) in [5.41, 5.74) is 7.14. The van der Waals surface area contributed by atoms with Crippen molar-refractivity contribution in [3.05, 3.63) is 59.2 Å². The number of aryl methyl sites for hydroxylation is 1. The zero-order valence-corrected chi connectivity index (χ0v) is 14.6. The predicted octanol–water partition coefficient (Wildman–Crippen LogP) is 2.54. The number of ether oxygens (including phenoxy) is 2. The summed E-state index contributed by atoms with van der Waals surface area (Å²) < 4.78 is 10.9. The molecule has 0 spiro atoms. The van der Waals surface area contributed by atoms with Crippen LogP contribution in [0.15, 0.2) is 42.5 Å². The lowest BCUT2D eigenvalue weighted by molar-refractivity contribution is -0.123. The SMILES string of the molecule is CCOc1ccccc1OCC(=O)NNC(=O)c1cccc(C)c1C. The van der Waals surface area contributed by atoms with Crippen molar-refractivity contribution in [2.45, 2.75) is 20.8 Å². The first-order valence-corrected chi connectivity index (χ1v) is 8.03. The van der Waals surface area contributed by atoms with Crippen LogP contribution in [0.2, 0.25) is 0 Å². The van der Waals surface area contributed by atoms with E-state index in [4.69, 9.17) is 9.47 Å². The average molecular weight is 342 g/mol. The normalized spacial score (nSPS) is 10.0. The van der Waals surface area contributed by atoms with Crippen LogP contribution in [-0.2, 0) is 4.79 Å². The molecule has 132 valence electrons. The molecule has 2 amide bonds. The number of carbonyl (C=O) groups excluding carboxylic acids is 2. The van der Waals surface area contributed by atoms with Crippen molar-refractivity contribution in [2.75, 3.05) is 13.2 Å². The smallest absolute Gasteiger partial charge is 0.276 e. The number of para-hydroxylation sites is 2. The zero-order chi connectivity index (χ0) is 18.2. The number of benzene rings is 2. The highest BCUT2D eigenvalue weighted by Gasteiger charge is 2.12. The van der Waals surface area contributed by atoms with Crippen LogP contribution >= 0.6 is 0 Å². The van der Waals surface area contributed by atoms with E-state index in [9.17, 15) is 9.59 Å². The molecule has 0 radical (unpaired) electrons. The van der Waals surface area contributed by atoms with Crippen LogP contribution in [-0.4, -0.2) is 25.0 Å². The summed E-state index contributed by atoms with van der Waals surface area (Å²) in [7, 11) is 0. The Morgan fingerprint density at radius 3 is 2.28 bits per heavy atom. The van der Waals surface area contributed by atoms with Gasteiger partial charge >= 0.3 is 0 Å². The number of amides is 2. The predicted molar refractivity (Wildman–Crippen MR) is 94.6 cm³/mol. The van der Waals surface area contributed by atoms with Crippen molar-refractivity contribution < 1.29 is 19.1 Å². The van der Waals surface area contributed by atoms with Crippen molar-refractivity contribution >= 4 is 11.8 Å². The first-order chi connectivity index (χ1) is 12.0. The molecule has 2 aromatic carbocycles. The van der Waals surface area contributed by atoms with E-state index in [0.717, 1.165) is 11.1 Å². The minimum atomic E-state index is -0.468. The Hall–Kier alpha value is -3.02. The maximum absolute atomic E-state index is 12.1. The molecule has 0 bridgehead atoms. The molecule has 0 saturated heterocycles. The van der Waals surface area contributed by atoms with E-state index < -0.39 is 5.91 Å². The summed E-state index contributed by atoms with van der Waals surface area (Å²) in [6, 6.07) is 12.5. The van der Waals surface area contributed by atoms with E-state index in [0.29, 0.717) is 23.7 Å². The minimum Gasteiger partial charge on any atom is -0.490 e. The van der Waals surface area contributed by atoms with Gasteiger partial charge in [-0.15, -0.1) is 0 Å². The number of hydrazine groups is 1. The van der Waals surface area contributed by atoms with Crippen LogP contribution in [0.3, 0.4) is 0 Å². The minimum absolute atomic E-state index is 0.239. The Balaban J connectivity index is 1.87. The van der Waals surface area contributed by atoms with Crippen LogP contribution < -0.4 is 20.3 Å². The van der Waals surface area contributed by atoms with Gasteiger partial charge in [0, 0.05) is 5.56 Å². The van der Waals surface area contributed by atoms with Gasteiger partial charge in [-0.2, -0.15) is 0 Å². The Morgan fingerprint density at radius 1 is 0.920 bits per heavy atom. The summed E-state index contributed by atoms with van der Waals surface area (Å²) in [6.07, 6.45) is 0. The van der Waals surface area contributed by atoms with Crippen molar-refractivity contribution in [3.63, 3.8) is 0 Å². The standard InChI is InChI=1S/C19H22N2O4/c1-4-24-16-10-5-6-11-17(16)25-12-18(22)20-21-19(23)15-9-7-8-13(2)14(15)3/h5-11H,4,12H2,1-3H3,(H,20,22)(H,21,23). The highest BCUT2D eigenvalue weighted by atomic mass is 16.5. The molecule has 0 saturated carbocycles. The average Bonchev–Trinajstić information content (AvgIpc) is 2.61. The van der Waals surface area contributed by atoms with E-state index in [1.54, 1.807) is 30.3 Å². The van der Waals surface area contributed by atoms with Crippen LogP contribution in [0.1, 0.15) is 28.4 Å². The van der Waals surface area contributed by atoms with Crippen molar-refractivity contribution in [2.24, 2.45) is 0 Å². The van der Waals surface area contributed by atoms with Gasteiger partial charge in [-0.05, 0) is 50.1 Å². The molecular weight excluding hydrogens is 320 g/mol. The molecule has 0 atom stereocenters. The highest BCUT2D eigenvalue weighted by molar-refractivity contribution is 5.97. The second-order valence-electron chi connectivity index (χ2n) is 5.42. The zero-order valence-electron chi connectivity index (χ0n) is 14.6. The number of hydrogen-bond acceptors (Lipinski definition) is 4. The lowest BCUT2D eigenvalue weighted by Gasteiger charge is -2.13. The van der Waals surface area contributed by atoms with Crippen LogP contribution in [0.4, 0.5) is 0 Å². The van der Waals surface area contributed by atoms with Gasteiger partial charge in [0.25, 0.3) is 11.8 Å². The first kappa shape index (κ1) is 18.3. The quantitative estimate of drug-likeness (QED) is 0.791. The summed E-state index contributed by atoms with van der Waals surface area (Å²) in [4.78, 5) is 24.0. The topological polar surface area (TPSA) is 76.7 Å². The molecule has 0 aliphatic rings. The molecule has 0 aliphatic heterocycles. The Bertz CT molecular complexity index is 759. The molecule has 0 aromatic heterocycles. The fourth-order valence-electron chi connectivity index (χ4n) is 2.21. The van der Waals surface area contributed by atoms with E-state index in [1.807, 2.05) is 32.9 Å². The molecule has 2 rings (SSSR count). The van der Waals surface area contributed by atoms with Crippen LogP contribution in [0.25, 0.3) is 0 Å². The monoisotopic (exact) mass is 342 g/mol. The Morgan fingerprint density at radius 2 is 1.60 bits per heavy atom. The lowest BCUT2D eigenvalue weighted by atomic mass is 10.0. The third-order valence-corrected chi connectivity index (χ3v) is 3.67. The van der Waals surface area contributed by atoms with Crippen LogP contribution in [0.5, 0.6) is 11.5 Å². The second-order valence-corrected chi connectivity index (χ2v) is 5.42. The summed E-state index contributed by atoms with van der Waals surface area (Å²) >= 11 is 0. The molecule has 0 heterocycles. The number of hydrogen-bond donors (Lipinski definition) is 2. The van der Waals surface area contributed by atoms with E-state index in [1.165, 1.54) is 0 Å². The molecule has 2 N–H and O–H groups in total. The molecule has 6 nitrogen and oxygen atoms in total. The molecule has 25 heavy (non-hydrogen) atoms. The largest absolute Gasteiger partial charge is 0.490 e. The molecular formula is C19H22N2O4. The molecule has 6 heteroatoms. The van der Waals surface area contributed by atoms with Gasteiger partial charge in [0.2, 0.25) is 0 Å². The fourth-order valence-corrected chi connectivity index (χ4v) is 2.21. The van der Waals surface area contributed by atoms with E-state index in [2.05, 4.69) is 10.9 Å². The summed E-state index contributed by atoms with van der Waals surface area (Å²) in [6.45, 7) is 5.91. The van der Waals surface area contributed by atoms with Gasteiger partial charge in [0.1, 0.15) is 0 Å². The number of nitrogens with one attached hydrogen (secondary N) is 2. The third-order valence-electron chi connectivity index (χ3n) is 3.67. The maximum atomic E-state index is 12.1. The second kappa shape index (κ2) is 8.73. The number of rotatable bonds is 6. The van der Waals surface area contributed by atoms with Gasteiger partial charge < -0.3 is 9.47 Å². The molecule has 0 unspecified atom stereocenters. The Labute approximate surface area is 147 Å². The lowest BCUT2D eigenvalue weighted by Crippen LogP contribution is -2.44. The van der Waals surface area contributed by atoms with E-state index >= 15 is 0 Å². The van der Waals surface area contributed by atoms with Crippen LogP contribution in [0, 0.1) is 13.8 Å². The van der Waals surface area contributed by atoms with Gasteiger partial charge in [-0.25, -0.2) is 0 Å². The summed E-state index contributed by atoms with van der Waals surface area (Å²) in [5.74, 6) is 0.201. The molecule has 0 fully saturated rings. The molecule has 0 aliphatic carbocycles. The maximum Gasteiger partial charge on any atom is 0.276 e. The van der Waals surface area contributed by atoms with Gasteiger partial charge in [0.05, 0.1) is 6.61 Å². The highest BCUT2D eigenvalue weighted by Crippen LogP contribution is 2.26. The van der Waals surface area contributed by atoms with E-state index in [-0.39, 0.29) is 12.5 Å². The van der Waals surface area contributed by atoms with Crippen molar-refractivity contribution in [1.29, 1.82) is 0 Å². The first-order valence-electron chi connectivity index (χ1n) is 8.03. The van der Waals surface area contributed by atoms with Crippen molar-refractivity contribution in [1.82, 2.24) is 10.9 Å². The van der Waals surface area contributed by atoms with Gasteiger partial charge in [-0.1, -0.05) is 24.3 Å².